The molecule has 0 aliphatic rings. The molecule has 17 heteroatoms. The molecule has 0 unspecified atom stereocenters. The molecule has 0 radical (unpaired) electrons. The highest BCUT2D eigenvalue weighted by Gasteiger charge is 2.39. The summed E-state index contributed by atoms with van der Waals surface area (Å²) in [5.74, 6) is 17.8. The molecule has 0 aromatic heterocycles. The molecule has 0 atom stereocenters. The molecule has 3 aromatic carbocycles. The molecule has 0 saturated heterocycles. The van der Waals surface area contributed by atoms with E-state index in [-0.39, 0.29) is 50.4 Å². The summed E-state index contributed by atoms with van der Waals surface area (Å²) >= 11 is 0. The molecule has 0 spiro atoms. The Bertz CT molecular complexity index is 1600. The highest BCUT2D eigenvalue weighted by atomic mass is 31.2. The highest BCUT2D eigenvalue weighted by Crippen LogP contribution is 2.52. The van der Waals surface area contributed by atoms with Gasteiger partial charge in [-0.3, -0.25) is 0 Å². The number of nitriles is 6. The fourth-order valence-electron chi connectivity index (χ4n) is 3.30. The zero-order valence-electron chi connectivity index (χ0n) is 20.5. The number of benzene rings is 3. The Kier molecular flexibility index (Phi) is 9.14. The third-order valence-corrected chi connectivity index (χ3v) is 6.23. The molecule has 41 heavy (non-hydrogen) atoms. The van der Waals surface area contributed by atoms with E-state index in [2.05, 4.69) is 0 Å². The van der Waals surface area contributed by atoms with E-state index in [9.17, 15) is 36.1 Å². The van der Waals surface area contributed by atoms with Crippen LogP contribution in [0.15, 0.2) is 54.6 Å². The predicted molar refractivity (Wildman–Crippen MR) is 138 cm³/mol. The first-order valence-electron chi connectivity index (χ1n) is 10.8. The van der Waals surface area contributed by atoms with Crippen molar-refractivity contribution in [1.82, 2.24) is 0 Å². The number of rotatable bonds is 9. The van der Waals surface area contributed by atoms with Crippen molar-refractivity contribution in [3.05, 3.63) is 88.0 Å². The zero-order chi connectivity index (χ0) is 30.2. The number of hydrogen-bond acceptors (Lipinski definition) is 16. The minimum absolute atomic E-state index is 0.0967. The summed E-state index contributed by atoms with van der Waals surface area (Å²) in [6.07, 6.45) is 0. The van der Waals surface area contributed by atoms with Crippen molar-refractivity contribution in [1.29, 1.82) is 31.6 Å². The largest absolute Gasteiger partial charge is 0.543 e. The SMILES string of the molecule is N#Cc1cccc(N(N)OP(=O)(ON(N)c2cccc(C#N)c2C#N)ON(N)c2cccc(C#N)c2C#N)c1C#N. The quantitative estimate of drug-likeness (QED) is 0.190. The van der Waals surface area contributed by atoms with Crippen molar-refractivity contribution in [3.63, 3.8) is 0 Å². The van der Waals surface area contributed by atoms with Gasteiger partial charge in [0.25, 0.3) is 0 Å². The topological polar surface area (TPSA) is 275 Å². The van der Waals surface area contributed by atoms with Gasteiger partial charge in [-0.15, -0.1) is 13.9 Å². The van der Waals surface area contributed by atoms with Gasteiger partial charge in [-0.05, 0) is 36.4 Å². The summed E-state index contributed by atoms with van der Waals surface area (Å²) in [6, 6.07) is 22.5. The van der Waals surface area contributed by atoms with Crippen LogP contribution in [0.2, 0.25) is 0 Å². The minimum Gasteiger partial charge on any atom is -0.222 e. The van der Waals surface area contributed by atoms with Gasteiger partial charge in [0, 0.05) is 0 Å². The Labute approximate surface area is 232 Å². The number of nitrogens with zero attached hydrogens (tertiary/aromatic N) is 9. The van der Waals surface area contributed by atoms with Crippen LogP contribution in [-0.4, -0.2) is 0 Å². The van der Waals surface area contributed by atoms with Crippen LogP contribution < -0.4 is 33.0 Å². The molecule has 3 rings (SSSR count). The third-order valence-electron chi connectivity index (χ3n) is 5.10. The van der Waals surface area contributed by atoms with E-state index >= 15 is 0 Å². The van der Waals surface area contributed by atoms with Gasteiger partial charge in [0.15, 0.2) is 0 Å². The Morgan fingerprint density at radius 3 is 1.00 bits per heavy atom. The fourth-order valence-corrected chi connectivity index (χ4v) is 4.30. The van der Waals surface area contributed by atoms with Crippen LogP contribution >= 0.6 is 7.82 Å². The summed E-state index contributed by atoms with van der Waals surface area (Å²) in [7, 11) is -5.22. The van der Waals surface area contributed by atoms with Crippen molar-refractivity contribution < 1.29 is 18.4 Å². The standard InChI is InChI=1S/C24H15N12O4P/c25-10-16-4-1-7-22(19(16)13-28)34(31)38-41(37,39-35(32)23-8-2-5-17(11-26)20(23)14-29)40-36(33)24-9-3-6-18(12-27)21(24)15-30/h1-9H,31-33H2. The van der Waals surface area contributed by atoms with Gasteiger partial charge < -0.3 is 0 Å². The van der Waals surface area contributed by atoms with Crippen LogP contribution in [0.5, 0.6) is 0 Å². The second kappa shape index (κ2) is 12.7. The number of nitrogens with two attached hydrogens (primary N) is 3. The Morgan fingerprint density at radius 2 is 0.780 bits per heavy atom. The van der Waals surface area contributed by atoms with E-state index in [0.29, 0.717) is 15.5 Å². The maximum absolute atomic E-state index is 14.0. The normalized spacial score (nSPS) is 10.1. The number of phosphoric acid groups is 1. The monoisotopic (exact) mass is 566 g/mol. The van der Waals surface area contributed by atoms with E-state index in [1.54, 1.807) is 36.4 Å². The van der Waals surface area contributed by atoms with Crippen molar-refractivity contribution in [2.45, 2.75) is 0 Å². The Hall–Kier alpha value is -6.01. The molecule has 0 aliphatic carbocycles. The Morgan fingerprint density at radius 1 is 0.512 bits per heavy atom. The van der Waals surface area contributed by atoms with Gasteiger partial charge in [0.05, 0.1) is 33.4 Å². The lowest BCUT2D eigenvalue weighted by atomic mass is 10.1. The zero-order valence-corrected chi connectivity index (χ0v) is 21.4. The summed E-state index contributed by atoms with van der Waals surface area (Å²) in [5.41, 5.74) is -1.83. The summed E-state index contributed by atoms with van der Waals surface area (Å²) in [4.78, 5) is 0. The molecule has 0 aliphatic heterocycles. The van der Waals surface area contributed by atoms with Crippen LogP contribution in [0.25, 0.3) is 0 Å². The average Bonchev–Trinajstić information content (AvgIpc) is 2.98. The van der Waals surface area contributed by atoms with Crippen LogP contribution in [0.4, 0.5) is 17.1 Å². The molecular weight excluding hydrogens is 551 g/mol. The predicted octanol–water partition coefficient (Wildman–Crippen LogP) is 2.26. The molecule has 0 saturated carbocycles. The third kappa shape index (κ3) is 6.19. The average molecular weight is 566 g/mol. The summed E-state index contributed by atoms with van der Waals surface area (Å²) < 4.78 is 29.7. The van der Waals surface area contributed by atoms with E-state index in [0.717, 1.165) is 0 Å². The first kappa shape index (κ1) is 29.5. The van der Waals surface area contributed by atoms with Gasteiger partial charge in [-0.1, -0.05) is 18.2 Å². The molecule has 16 nitrogen and oxygen atoms in total. The fraction of sp³-hybridized carbons (Fsp3) is 0. The maximum Gasteiger partial charge on any atom is 0.543 e. The van der Waals surface area contributed by atoms with E-state index in [1.165, 1.54) is 54.6 Å². The van der Waals surface area contributed by atoms with Crippen molar-refractivity contribution in [2.24, 2.45) is 17.5 Å². The summed E-state index contributed by atoms with van der Waals surface area (Å²) in [5, 5.41) is 57.5. The van der Waals surface area contributed by atoms with Gasteiger partial charge in [-0.2, -0.15) is 47.1 Å². The molecule has 200 valence electrons. The van der Waals surface area contributed by atoms with Crippen molar-refractivity contribution >= 4 is 24.9 Å². The molecule has 0 bridgehead atoms. The number of anilines is 3. The van der Waals surface area contributed by atoms with E-state index < -0.39 is 7.82 Å². The summed E-state index contributed by atoms with van der Waals surface area (Å²) in [6.45, 7) is 0. The lowest BCUT2D eigenvalue weighted by molar-refractivity contribution is 0.0859. The van der Waals surface area contributed by atoms with Crippen LogP contribution in [-0.2, 0) is 18.4 Å². The molecule has 6 N–H and O–H groups in total. The van der Waals surface area contributed by atoms with Crippen molar-refractivity contribution in [3.8, 4) is 36.4 Å². The van der Waals surface area contributed by atoms with Gasteiger partial charge in [0.1, 0.15) is 53.5 Å². The lowest BCUT2D eigenvalue weighted by Gasteiger charge is -2.29. The lowest BCUT2D eigenvalue weighted by Crippen LogP contribution is -2.39. The molecular formula is C24H15N12O4P. The van der Waals surface area contributed by atoms with Gasteiger partial charge >= 0.3 is 7.82 Å². The van der Waals surface area contributed by atoms with Gasteiger partial charge in [-0.25, -0.2) is 22.1 Å². The minimum atomic E-state index is -5.22. The highest BCUT2D eigenvalue weighted by molar-refractivity contribution is 7.48. The van der Waals surface area contributed by atoms with Crippen LogP contribution in [0.3, 0.4) is 0 Å². The van der Waals surface area contributed by atoms with Crippen LogP contribution in [0, 0.1) is 68.0 Å². The number of hydrazine groups is 3. The first-order chi connectivity index (χ1) is 19.7. The number of hydrogen-bond donors (Lipinski definition) is 3. The van der Waals surface area contributed by atoms with Crippen molar-refractivity contribution in [2.75, 3.05) is 15.5 Å². The molecule has 0 fully saturated rings. The van der Waals surface area contributed by atoms with Crippen LogP contribution in [0.1, 0.15) is 33.4 Å². The van der Waals surface area contributed by atoms with E-state index in [1.807, 2.05) is 0 Å². The van der Waals surface area contributed by atoms with E-state index in [4.69, 9.17) is 31.4 Å². The first-order valence-corrected chi connectivity index (χ1v) is 12.3. The smallest absolute Gasteiger partial charge is 0.222 e. The molecule has 3 aromatic rings. The Balaban J connectivity index is 2.09. The maximum atomic E-state index is 14.0. The second-order valence-electron chi connectivity index (χ2n) is 7.44. The second-order valence-corrected chi connectivity index (χ2v) is 8.82. The molecule has 0 heterocycles. The van der Waals surface area contributed by atoms with Gasteiger partial charge in [0.2, 0.25) is 0 Å². The molecule has 0 amide bonds.